The zero-order valence-electron chi connectivity index (χ0n) is 9.09. The zero-order valence-corrected chi connectivity index (χ0v) is 12.2. The van der Waals surface area contributed by atoms with Gasteiger partial charge in [-0.25, -0.2) is 0 Å². The van der Waals surface area contributed by atoms with Gasteiger partial charge in [-0.1, -0.05) is 11.6 Å². The first kappa shape index (κ1) is 13.9. The van der Waals surface area contributed by atoms with Crippen molar-refractivity contribution in [1.82, 2.24) is 5.32 Å². The van der Waals surface area contributed by atoms with Gasteiger partial charge >= 0.3 is 0 Å². The number of halogens is 2. The van der Waals surface area contributed by atoms with Crippen molar-refractivity contribution >= 4 is 45.2 Å². The summed E-state index contributed by atoms with van der Waals surface area (Å²) in [5, 5.41) is 3.54. The summed E-state index contributed by atoms with van der Waals surface area (Å²) in [5.41, 5.74) is 0.609. The molecule has 0 saturated heterocycles. The van der Waals surface area contributed by atoms with E-state index >= 15 is 0 Å². The third-order valence-corrected chi connectivity index (χ3v) is 3.69. The average Bonchev–Trinajstić information content (AvgIpc) is 2.17. The topological polar surface area (TPSA) is 29.1 Å². The molecular weight excluding hydrogens is 310 g/mol. The van der Waals surface area contributed by atoms with Crippen LogP contribution >= 0.6 is 39.3 Å². The molecule has 88 valence electrons. The van der Waals surface area contributed by atoms with Crippen molar-refractivity contribution in [3.63, 3.8) is 0 Å². The highest BCUT2D eigenvalue weighted by molar-refractivity contribution is 9.10. The van der Waals surface area contributed by atoms with Crippen molar-refractivity contribution < 1.29 is 4.79 Å². The molecule has 0 bridgehead atoms. The number of nitrogens with one attached hydrogen (secondary N) is 1. The van der Waals surface area contributed by atoms with Crippen LogP contribution in [0.2, 0.25) is 5.02 Å². The van der Waals surface area contributed by atoms with E-state index in [1.807, 2.05) is 13.2 Å². The molecule has 1 atom stereocenters. The molecule has 0 aliphatic carbocycles. The van der Waals surface area contributed by atoms with E-state index in [0.29, 0.717) is 15.1 Å². The summed E-state index contributed by atoms with van der Waals surface area (Å²) in [6, 6.07) is 5.30. The van der Waals surface area contributed by atoms with Crippen molar-refractivity contribution in [1.29, 1.82) is 0 Å². The molecule has 16 heavy (non-hydrogen) atoms. The largest absolute Gasteiger partial charge is 0.349 e. The third-order valence-electron chi connectivity index (χ3n) is 1.97. The molecule has 1 aromatic rings. The fraction of sp³-hybridized carbons (Fsp3) is 0.364. The van der Waals surface area contributed by atoms with Crippen LogP contribution in [0.4, 0.5) is 0 Å². The van der Waals surface area contributed by atoms with E-state index in [1.165, 1.54) is 0 Å². The average molecular weight is 323 g/mol. The van der Waals surface area contributed by atoms with Gasteiger partial charge in [0.2, 0.25) is 0 Å². The molecule has 0 aliphatic heterocycles. The van der Waals surface area contributed by atoms with Gasteiger partial charge in [0, 0.05) is 21.3 Å². The summed E-state index contributed by atoms with van der Waals surface area (Å²) >= 11 is 10.8. The molecule has 0 heterocycles. The van der Waals surface area contributed by atoms with Crippen LogP contribution in [-0.2, 0) is 0 Å². The highest BCUT2D eigenvalue weighted by Gasteiger charge is 2.12. The quantitative estimate of drug-likeness (QED) is 0.918. The smallest absolute Gasteiger partial charge is 0.252 e. The Balaban J connectivity index is 2.73. The van der Waals surface area contributed by atoms with Gasteiger partial charge in [0.1, 0.15) is 0 Å². The summed E-state index contributed by atoms with van der Waals surface area (Å²) in [6.07, 6.45) is 2.01. The second-order valence-corrected chi connectivity index (χ2v) is 5.66. The van der Waals surface area contributed by atoms with Crippen molar-refractivity contribution in [2.24, 2.45) is 0 Å². The van der Waals surface area contributed by atoms with Gasteiger partial charge in [-0.3, -0.25) is 4.79 Å². The summed E-state index contributed by atoms with van der Waals surface area (Å²) < 4.78 is 0.717. The number of rotatable bonds is 4. The van der Waals surface area contributed by atoms with E-state index in [2.05, 4.69) is 21.2 Å². The monoisotopic (exact) mass is 321 g/mol. The maximum absolute atomic E-state index is 11.9. The highest BCUT2D eigenvalue weighted by atomic mass is 79.9. The van der Waals surface area contributed by atoms with E-state index < -0.39 is 0 Å². The van der Waals surface area contributed by atoms with Gasteiger partial charge in [0.15, 0.2) is 0 Å². The minimum absolute atomic E-state index is 0.0786. The molecule has 5 heteroatoms. The van der Waals surface area contributed by atoms with Crippen LogP contribution < -0.4 is 5.32 Å². The van der Waals surface area contributed by atoms with Crippen LogP contribution in [0.15, 0.2) is 22.7 Å². The fourth-order valence-electron chi connectivity index (χ4n) is 1.27. The summed E-state index contributed by atoms with van der Waals surface area (Å²) in [6.45, 7) is 1.98. The molecule has 0 radical (unpaired) electrons. The highest BCUT2D eigenvalue weighted by Crippen LogP contribution is 2.21. The second-order valence-electron chi connectivity index (χ2n) is 3.45. The maximum Gasteiger partial charge on any atom is 0.252 e. The normalized spacial score (nSPS) is 12.2. The first-order valence-electron chi connectivity index (χ1n) is 4.79. The molecule has 1 unspecified atom stereocenters. The Morgan fingerprint density at radius 1 is 1.62 bits per heavy atom. The van der Waals surface area contributed by atoms with Gasteiger partial charge in [0.25, 0.3) is 5.91 Å². The van der Waals surface area contributed by atoms with Crippen molar-refractivity contribution in [3.8, 4) is 0 Å². The summed E-state index contributed by atoms with van der Waals surface area (Å²) in [4.78, 5) is 11.9. The Morgan fingerprint density at radius 2 is 2.31 bits per heavy atom. The van der Waals surface area contributed by atoms with Crippen LogP contribution in [0.1, 0.15) is 17.3 Å². The Hall–Kier alpha value is -0.190. The maximum atomic E-state index is 11.9. The molecule has 1 aromatic carbocycles. The van der Waals surface area contributed by atoms with Gasteiger partial charge in [-0.2, -0.15) is 11.8 Å². The predicted octanol–water partition coefficient (Wildman–Crippen LogP) is 3.58. The number of benzene rings is 1. The molecule has 2 nitrogen and oxygen atoms in total. The van der Waals surface area contributed by atoms with Crippen molar-refractivity contribution in [2.45, 2.75) is 13.0 Å². The van der Waals surface area contributed by atoms with Gasteiger partial charge in [0.05, 0.1) is 5.56 Å². The Labute approximate surface area is 113 Å². The number of carbonyl (C=O) groups is 1. The number of amides is 1. The Morgan fingerprint density at radius 3 is 2.88 bits per heavy atom. The lowest BCUT2D eigenvalue weighted by atomic mass is 10.2. The first-order chi connectivity index (χ1) is 7.54. The standard InChI is InChI=1S/C11H13BrClNOS/c1-7(6-16-2)14-11(15)9-4-3-8(13)5-10(9)12/h3-5,7H,6H2,1-2H3,(H,14,15). The predicted molar refractivity (Wildman–Crippen MR) is 74.5 cm³/mol. The first-order valence-corrected chi connectivity index (χ1v) is 7.36. The molecule has 0 fully saturated rings. The van der Waals surface area contributed by atoms with Crippen LogP contribution in [0, 0.1) is 0 Å². The minimum atomic E-state index is -0.0786. The van der Waals surface area contributed by atoms with Gasteiger partial charge in [-0.15, -0.1) is 0 Å². The molecule has 1 amide bonds. The summed E-state index contributed by atoms with van der Waals surface area (Å²) in [5.74, 6) is 0.821. The summed E-state index contributed by atoms with van der Waals surface area (Å²) in [7, 11) is 0. The van der Waals surface area contributed by atoms with E-state index in [1.54, 1.807) is 30.0 Å². The van der Waals surface area contributed by atoms with Gasteiger partial charge in [-0.05, 0) is 47.3 Å². The van der Waals surface area contributed by atoms with Crippen LogP contribution in [-0.4, -0.2) is 24.0 Å². The SMILES string of the molecule is CSCC(C)NC(=O)c1ccc(Cl)cc1Br. The van der Waals surface area contributed by atoms with Crippen LogP contribution in [0.5, 0.6) is 0 Å². The van der Waals surface area contributed by atoms with E-state index in [0.717, 1.165) is 5.75 Å². The lowest BCUT2D eigenvalue weighted by Gasteiger charge is -2.13. The molecule has 0 aromatic heterocycles. The fourth-order valence-corrected chi connectivity index (χ4v) is 2.71. The lowest BCUT2D eigenvalue weighted by molar-refractivity contribution is 0.0943. The molecule has 1 rings (SSSR count). The van der Waals surface area contributed by atoms with E-state index in [4.69, 9.17) is 11.6 Å². The number of hydrogen-bond acceptors (Lipinski definition) is 2. The lowest BCUT2D eigenvalue weighted by Crippen LogP contribution is -2.34. The van der Waals surface area contributed by atoms with Gasteiger partial charge < -0.3 is 5.32 Å². The van der Waals surface area contributed by atoms with Crippen LogP contribution in [0.25, 0.3) is 0 Å². The van der Waals surface area contributed by atoms with E-state index in [-0.39, 0.29) is 11.9 Å². The third kappa shape index (κ3) is 4.00. The molecule has 0 aliphatic rings. The van der Waals surface area contributed by atoms with Crippen molar-refractivity contribution in [2.75, 3.05) is 12.0 Å². The molecule has 0 saturated carbocycles. The minimum Gasteiger partial charge on any atom is -0.349 e. The number of hydrogen-bond donors (Lipinski definition) is 1. The number of carbonyl (C=O) groups excluding carboxylic acids is 1. The molecule has 0 spiro atoms. The van der Waals surface area contributed by atoms with E-state index in [9.17, 15) is 4.79 Å². The zero-order chi connectivity index (χ0) is 12.1. The Bertz CT molecular complexity index is 386. The molecule has 1 N–H and O–H groups in total. The second kappa shape index (κ2) is 6.52. The number of thioether (sulfide) groups is 1. The Kier molecular flexibility index (Phi) is 5.66. The molecular formula is C11H13BrClNOS. The van der Waals surface area contributed by atoms with Crippen LogP contribution in [0.3, 0.4) is 0 Å². The van der Waals surface area contributed by atoms with Crippen molar-refractivity contribution in [3.05, 3.63) is 33.3 Å².